The fraction of sp³-hybridized carbons (Fsp3) is 0.333. The molecule has 23 heavy (non-hydrogen) atoms. The Morgan fingerprint density at radius 1 is 1.13 bits per heavy atom. The normalized spacial score (nSPS) is 15.2. The molecule has 0 bridgehead atoms. The Hall–Kier alpha value is -1.46. The number of aryl methyl sites for hydroxylation is 2. The minimum atomic E-state index is 0.00282. The van der Waals surface area contributed by atoms with E-state index in [2.05, 4.69) is 20.9 Å². The van der Waals surface area contributed by atoms with Crippen molar-refractivity contribution in [2.45, 2.75) is 38.5 Å². The van der Waals surface area contributed by atoms with Crippen molar-refractivity contribution in [2.75, 3.05) is 0 Å². The van der Waals surface area contributed by atoms with Gasteiger partial charge in [-0.15, -0.1) is 11.3 Å². The van der Waals surface area contributed by atoms with Crippen molar-refractivity contribution in [1.29, 1.82) is 0 Å². The number of hydrogen-bond acceptors (Lipinski definition) is 3. The summed E-state index contributed by atoms with van der Waals surface area (Å²) in [5, 5.41) is 0.825. The number of aromatic amines is 1. The first kappa shape index (κ1) is 15.1. The van der Waals surface area contributed by atoms with Gasteiger partial charge in [0.25, 0.3) is 5.56 Å². The number of fused-ring (bicyclic) bond motifs is 3. The highest BCUT2D eigenvalue weighted by atomic mass is 79.9. The van der Waals surface area contributed by atoms with Gasteiger partial charge in [-0.25, -0.2) is 4.98 Å². The Bertz CT molecular complexity index is 928. The van der Waals surface area contributed by atoms with Gasteiger partial charge in [-0.05, 0) is 43.4 Å². The summed E-state index contributed by atoms with van der Waals surface area (Å²) in [5.74, 6) is 0.651. The molecule has 0 unspecified atom stereocenters. The Labute approximate surface area is 146 Å². The van der Waals surface area contributed by atoms with Crippen molar-refractivity contribution in [3.63, 3.8) is 0 Å². The van der Waals surface area contributed by atoms with Crippen molar-refractivity contribution < 1.29 is 0 Å². The maximum Gasteiger partial charge on any atom is 0.260 e. The summed E-state index contributed by atoms with van der Waals surface area (Å²) in [4.78, 5) is 22.7. The molecule has 0 aliphatic heterocycles. The van der Waals surface area contributed by atoms with E-state index in [0.717, 1.165) is 33.1 Å². The van der Waals surface area contributed by atoms with Gasteiger partial charge >= 0.3 is 0 Å². The number of hydrogen-bond donors (Lipinski definition) is 1. The summed E-state index contributed by atoms with van der Waals surface area (Å²) < 4.78 is 0.983. The smallest absolute Gasteiger partial charge is 0.260 e. The van der Waals surface area contributed by atoms with E-state index in [0.29, 0.717) is 5.82 Å². The topological polar surface area (TPSA) is 45.8 Å². The number of rotatable bonds is 1. The summed E-state index contributed by atoms with van der Waals surface area (Å²) in [6, 6.07) is 7.88. The van der Waals surface area contributed by atoms with Crippen molar-refractivity contribution in [3.8, 4) is 11.4 Å². The summed E-state index contributed by atoms with van der Waals surface area (Å²) in [7, 11) is 0. The third-order valence-electron chi connectivity index (χ3n) is 4.42. The lowest BCUT2D eigenvalue weighted by Gasteiger charge is -2.08. The highest BCUT2D eigenvalue weighted by Crippen LogP contribution is 2.33. The second-order valence-corrected chi connectivity index (χ2v) is 8.02. The lowest BCUT2D eigenvalue weighted by molar-refractivity contribution is 0.623. The molecule has 2 heterocycles. The summed E-state index contributed by atoms with van der Waals surface area (Å²) in [6.45, 7) is 0. The van der Waals surface area contributed by atoms with E-state index in [1.54, 1.807) is 11.3 Å². The third kappa shape index (κ3) is 2.88. The van der Waals surface area contributed by atoms with Crippen LogP contribution in [0.25, 0.3) is 21.6 Å². The number of benzene rings is 1. The summed E-state index contributed by atoms with van der Waals surface area (Å²) in [5.41, 5.74) is 2.18. The van der Waals surface area contributed by atoms with Crippen LogP contribution in [0.3, 0.4) is 0 Å². The van der Waals surface area contributed by atoms with E-state index >= 15 is 0 Å². The van der Waals surface area contributed by atoms with Crippen LogP contribution < -0.4 is 5.56 Å². The van der Waals surface area contributed by atoms with E-state index in [1.807, 2.05) is 24.3 Å². The fourth-order valence-corrected chi connectivity index (χ4v) is 4.95. The van der Waals surface area contributed by atoms with Crippen molar-refractivity contribution in [2.24, 2.45) is 0 Å². The zero-order valence-corrected chi connectivity index (χ0v) is 15.1. The van der Waals surface area contributed by atoms with Crippen LogP contribution in [0.4, 0.5) is 0 Å². The predicted molar refractivity (Wildman–Crippen MR) is 99.3 cm³/mol. The molecule has 0 amide bonds. The molecule has 0 spiro atoms. The minimum absolute atomic E-state index is 0.00282. The first-order valence-corrected chi connectivity index (χ1v) is 9.64. The number of nitrogens with one attached hydrogen (secondary N) is 1. The molecular weight excluding hydrogens is 372 g/mol. The molecule has 0 fully saturated rings. The lowest BCUT2D eigenvalue weighted by atomic mass is 9.98. The van der Waals surface area contributed by atoms with Gasteiger partial charge in [0.05, 0.1) is 5.39 Å². The van der Waals surface area contributed by atoms with Gasteiger partial charge in [0.1, 0.15) is 10.7 Å². The van der Waals surface area contributed by atoms with Crippen molar-refractivity contribution >= 4 is 37.5 Å². The number of H-pyrrole nitrogens is 1. The van der Waals surface area contributed by atoms with Crippen LogP contribution in [0.15, 0.2) is 33.5 Å². The second-order valence-electron chi connectivity index (χ2n) is 6.02. The molecule has 5 heteroatoms. The number of nitrogens with zero attached hydrogens (tertiary/aromatic N) is 1. The lowest BCUT2D eigenvalue weighted by Crippen LogP contribution is -2.10. The Kier molecular flexibility index (Phi) is 4.07. The average molecular weight is 389 g/mol. The SMILES string of the molecule is O=c1[nH]c(-c2cccc(Br)c2)nc2sc3c(c12)CCCCCC3. The molecule has 3 aromatic rings. The van der Waals surface area contributed by atoms with Gasteiger partial charge < -0.3 is 4.98 Å². The molecule has 0 saturated carbocycles. The van der Waals surface area contributed by atoms with Crippen LogP contribution in [0, 0.1) is 0 Å². The zero-order chi connectivity index (χ0) is 15.8. The Balaban J connectivity index is 1.90. The molecule has 0 saturated heterocycles. The standard InChI is InChI=1S/C18H17BrN2OS/c19-12-7-5-6-11(10-12)16-20-17(22)15-13-8-3-1-2-4-9-14(13)23-18(15)21-16/h5-7,10H,1-4,8-9H2,(H,20,21,22). The maximum absolute atomic E-state index is 12.7. The van der Waals surface area contributed by atoms with Gasteiger partial charge in [0.2, 0.25) is 0 Å². The number of halogens is 1. The Morgan fingerprint density at radius 3 is 2.78 bits per heavy atom. The van der Waals surface area contributed by atoms with Gasteiger partial charge in [0.15, 0.2) is 0 Å². The second kappa shape index (κ2) is 6.21. The highest BCUT2D eigenvalue weighted by molar-refractivity contribution is 9.10. The van der Waals surface area contributed by atoms with Crippen molar-refractivity contribution in [1.82, 2.24) is 9.97 Å². The predicted octanol–water partition coefficient (Wildman–Crippen LogP) is 5.07. The molecule has 0 radical (unpaired) electrons. The largest absolute Gasteiger partial charge is 0.306 e. The average Bonchev–Trinajstić information content (AvgIpc) is 2.84. The van der Waals surface area contributed by atoms with Crippen LogP contribution >= 0.6 is 27.3 Å². The molecule has 1 aromatic carbocycles. The van der Waals surface area contributed by atoms with E-state index in [4.69, 9.17) is 4.98 Å². The van der Waals surface area contributed by atoms with Gasteiger partial charge in [0, 0.05) is 14.9 Å². The highest BCUT2D eigenvalue weighted by Gasteiger charge is 2.18. The van der Waals surface area contributed by atoms with E-state index < -0.39 is 0 Å². The molecule has 1 aliphatic rings. The van der Waals surface area contributed by atoms with Crippen molar-refractivity contribution in [3.05, 3.63) is 49.5 Å². The quantitative estimate of drug-likeness (QED) is 0.631. The molecule has 118 valence electrons. The van der Waals surface area contributed by atoms with Crippen LogP contribution in [-0.4, -0.2) is 9.97 Å². The molecule has 0 atom stereocenters. The monoisotopic (exact) mass is 388 g/mol. The molecular formula is C18H17BrN2OS. The summed E-state index contributed by atoms with van der Waals surface area (Å²) >= 11 is 5.18. The number of aromatic nitrogens is 2. The zero-order valence-electron chi connectivity index (χ0n) is 12.7. The third-order valence-corrected chi connectivity index (χ3v) is 6.10. The maximum atomic E-state index is 12.7. The van der Waals surface area contributed by atoms with Gasteiger partial charge in [-0.2, -0.15) is 0 Å². The Morgan fingerprint density at radius 2 is 1.96 bits per heavy atom. The first-order chi connectivity index (χ1) is 11.2. The van der Waals surface area contributed by atoms with Crippen LogP contribution in [0.5, 0.6) is 0 Å². The molecule has 3 nitrogen and oxygen atoms in total. The number of thiophene rings is 1. The van der Waals surface area contributed by atoms with E-state index in [-0.39, 0.29) is 5.56 Å². The first-order valence-electron chi connectivity index (χ1n) is 8.03. The van der Waals surface area contributed by atoms with Crippen LogP contribution in [0.1, 0.15) is 36.1 Å². The van der Waals surface area contributed by atoms with E-state index in [9.17, 15) is 4.79 Å². The molecule has 2 aromatic heterocycles. The molecule has 1 aliphatic carbocycles. The van der Waals surface area contributed by atoms with Gasteiger partial charge in [-0.1, -0.05) is 40.9 Å². The summed E-state index contributed by atoms with van der Waals surface area (Å²) in [6.07, 6.45) is 7.04. The van der Waals surface area contributed by atoms with E-state index in [1.165, 1.54) is 36.1 Å². The molecule has 4 rings (SSSR count). The molecule has 1 N–H and O–H groups in total. The fourth-order valence-electron chi connectivity index (χ4n) is 3.29. The van der Waals surface area contributed by atoms with Crippen LogP contribution in [0.2, 0.25) is 0 Å². The van der Waals surface area contributed by atoms with Crippen LogP contribution in [-0.2, 0) is 12.8 Å². The van der Waals surface area contributed by atoms with Gasteiger partial charge in [-0.3, -0.25) is 4.79 Å². The minimum Gasteiger partial charge on any atom is -0.306 e.